The van der Waals surface area contributed by atoms with Crippen molar-refractivity contribution in [2.75, 3.05) is 13.2 Å². The van der Waals surface area contributed by atoms with Crippen LogP contribution in [0.3, 0.4) is 0 Å². The summed E-state index contributed by atoms with van der Waals surface area (Å²) in [6.07, 6.45) is 6.54. The Bertz CT molecular complexity index is 2220. The van der Waals surface area contributed by atoms with Crippen molar-refractivity contribution < 1.29 is 23.8 Å². The number of ether oxygens (including phenoxy) is 3. The van der Waals surface area contributed by atoms with Crippen molar-refractivity contribution in [3.05, 3.63) is 78.0 Å². The molecule has 11 nitrogen and oxygen atoms in total. The van der Waals surface area contributed by atoms with Gasteiger partial charge in [-0.2, -0.15) is 0 Å². The number of aromatic nitrogens is 4. The first-order valence-corrected chi connectivity index (χ1v) is 19.7. The summed E-state index contributed by atoms with van der Waals surface area (Å²) in [5, 5.41) is 3.20. The summed E-state index contributed by atoms with van der Waals surface area (Å²) >= 11 is 0. The van der Waals surface area contributed by atoms with E-state index in [0.717, 1.165) is 113 Å². The topological polar surface area (TPSA) is 134 Å². The standard InChI is InChI=1S/C44H52N6O5/c1-42(2,3)54-40(51)49-44(21-8-7-9-22-44)39-46-32-19-17-29(25-34(32)47-39)27-12-14-28(15-13-27)30-16-18-31-36(26-30)53-24-20-33-37(31)48-38(45-33)35-11-10-23-50(35)41(52)55-43(4,5)6/h12-19,25-26,35H,7-11,20-24H2,1-6H3,(H,45,48)(H,46,47)(H,49,51)/t35-/m0/s1. The molecule has 2 fully saturated rings. The maximum atomic E-state index is 13.0. The van der Waals surface area contributed by atoms with Crippen molar-refractivity contribution in [3.63, 3.8) is 0 Å². The number of nitrogens with zero attached hydrogens (tertiary/aromatic N) is 3. The van der Waals surface area contributed by atoms with E-state index in [9.17, 15) is 9.59 Å². The van der Waals surface area contributed by atoms with Crippen LogP contribution < -0.4 is 10.1 Å². The Balaban J connectivity index is 1.01. The summed E-state index contributed by atoms with van der Waals surface area (Å²) < 4.78 is 17.6. The maximum absolute atomic E-state index is 13.0. The minimum atomic E-state index is -0.584. The second-order valence-electron chi connectivity index (χ2n) is 17.3. The zero-order valence-corrected chi connectivity index (χ0v) is 32.8. The second kappa shape index (κ2) is 14.1. The summed E-state index contributed by atoms with van der Waals surface area (Å²) in [6.45, 7) is 12.5. The molecule has 0 unspecified atom stereocenters. The lowest BCUT2D eigenvalue weighted by atomic mass is 9.81. The Morgan fingerprint density at radius 2 is 1.49 bits per heavy atom. The molecule has 11 heteroatoms. The maximum Gasteiger partial charge on any atom is 0.410 e. The van der Waals surface area contributed by atoms with E-state index < -0.39 is 22.8 Å². The minimum Gasteiger partial charge on any atom is -0.492 e. The fourth-order valence-electron chi connectivity index (χ4n) is 8.21. The van der Waals surface area contributed by atoms with Crippen LogP contribution in [0.2, 0.25) is 0 Å². The third kappa shape index (κ3) is 7.66. The Labute approximate surface area is 322 Å². The van der Waals surface area contributed by atoms with Gasteiger partial charge in [0.15, 0.2) is 0 Å². The number of alkyl carbamates (subject to hydrolysis) is 1. The first-order chi connectivity index (χ1) is 26.2. The molecule has 1 saturated carbocycles. The summed E-state index contributed by atoms with van der Waals surface area (Å²) in [5.74, 6) is 2.38. The molecule has 55 heavy (non-hydrogen) atoms. The number of hydrogen-bond acceptors (Lipinski definition) is 7. The number of rotatable bonds is 5. The quantitative estimate of drug-likeness (QED) is 0.163. The number of amides is 2. The predicted molar refractivity (Wildman–Crippen MR) is 213 cm³/mol. The van der Waals surface area contributed by atoms with Gasteiger partial charge in [0.25, 0.3) is 0 Å². The van der Waals surface area contributed by atoms with Gasteiger partial charge in [-0.3, -0.25) is 4.90 Å². The SMILES string of the molecule is CC(C)(C)OC(=O)NC1(c2nc3ccc(-c4ccc(-c5ccc6c(c5)OCCc5[nH]c([C@@H]7CCCN7C(=O)OC(C)(C)C)nc5-6)cc4)cc3[nH]2)CCCCC1. The molecule has 2 aromatic heterocycles. The van der Waals surface area contributed by atoms with Crippen molar-refractivity contribution in [1.82, 2.24) is 30.2 Å². The molecule has 0 radical (unpaired) electrons. The van der Waals surface area contributed by atoms with Gasteiger partial charge in [0.2, 0.25) is 0 Å². The Morgan fingerprint density at radius 1 is 0.818 bits per heavy atom. The highest BCUT2D eigenvalue weighted by Crippen LogP contribution is 2.41. The molecule has 2 aliphatic heterocycles. The van der Waals surface area contributed by atoms with Gasteiger partial charge in [-0.15, -0.1) is 0 Å². The van der Waals surface area contributed by atoms with E-state index in [0.29, 0.717) is 19.6 Å². The van der Waals surface area contributed by atoms with Crippen LogP contribution in [-0.4, -0.2) is 61.4 Å². The minimum absolute atomic E-state index is 0.144. The highest BCUT2D eigenvalue weighted by molar-refractivity contribution is 5.83. The molecule has 0 spiro atoms. The molecule has 4 heterocycles. The van der Waals surface area contributed by atoms with Gasteiger partial charge >= 0.3 is 12.2 Å². The molecule has 3 aromatic carbocycles. The van der Waals surface area contributed by atoms with E-state index in [1.807, 2.05) is 47.6 Å². The number of carbonyl (C=O) groups excluding carboxylic acids is 2. The molecule has 1 atom stereocenters. The fourth-order valence-corrected chi connectivity index (χ4v) is 8.21. The van der Waals surface area contributed by atoms with Crippen molar-refractivity contribution in [2.24, 2.45) is 0 Å². The molecule has 288 valence electrons. The number of nitrogens with one attached hydrogen (secondary N) is 3. The molecular formula is C44H52N6O5. The van der Waals surface area contributed by atoms with Crippen molar-refractivity contribution in [3.8, 4) is 39.3 Å². The molecule has 5 aromatic rings. The summed E-state index contributed by atoms with van der Waals surface area (Å²) in [7, 11) is 0. The lowest BCUT2D eigenvalue weighted by Gasteiger charge is -2.36. The van der Waals surface area contributed by atoms with Crippen LogP contribution >= 0.6 is 0 Å². The van der Waals surface area contributed by atoms with Gasteiger partial charge < -0.3 is 29.5 Å². The molecule has 8 rings (SSSR count). The van der Waals surface area contributed by atoms with E-state index in [1.165, 1.54) is 0 Å². The van der Waals surface area contributed by atoms with E-state index >= 15 is 0 Å². The Hall–Kier alpha value is -5.32. The summed E-state index contributed by atoms with van der Waals surface area (Å²) in [5.41, 5.74) is 7.24. The average molecular weight is 745 g/mol. The van der Waals surface area contributed by atoms with E-state index in [2.05, 4.69) is 69.9 Å². The van der Waals surface area contributed by atoms with Gasteiger partial charge in [-0.25, -0.2) is 19.6 Å². The molecule has 3 N–H and O–H groups in total. The molecular weight excluding hydrogens is 693 g/mol. The summed E-state index contributed by atoms with van der Waals surface area (Å²) in [6, 6.07) is 21.0. The van der Waals surface area contributed by atoms with E-state index in [1.54, 1.807) is 4.90 Å². The van der Waals surface area contributed by atoms with Crippen molar-refractivity contribution in [1.29, 1.82) is 0 Å². The molecule has 3 aliphatic rings. The van der Waals surface area contributed by atoms with Crippen LogP contribution in [0.4, 0.5) is 9.59 Å². The van der Waals surface area contributed by atoms with Crippen LogP contribution in [0.25, 0.3) is 44.5 Å². The number of aromatic amines is 2. The molecule has 1 saturated heterocycles. The molecule has 1 aliphatic carbocycles. The molecule has 2 amide bonds. The first-order valence-electron chi connectivity index (χ1n) is 19.7. The Kier molecular flexibility index (Phi) is 9.38. The third-order valence-electron chi connectivity index (χ3n) is 10.8. The monoisotopic (exact) mass is 744 g/mol. The lowest BCUT2D eigenvalue weighted by molar-refractivity contribution is 0.0218. The van der Waals surface area contributed by atoms with Crippen LogP contribution in [-0.2, 0) is 21.4 Å². The third-order valence-corrected chi connectivity index (χ3v) is 10.8. The van der Waals surface area contributed by atoms with Gasteiger partial charge in [0.05, 0.1) is 29.4 Å². The number of carbonyl (C=O) groups is 2. The number of hydrogen-bond donors (Lipinski definition) is 3. The van der Waals surface area contributed by atoms with Crippen LogP contribution in [0.5, 0.6) is 5.75 Å². The van der Waals surface area contributed by atoms with Crippen molar-refractivity contribution in [2.45, 2.75) is 116 Å². The number of fused-ring (bicyclic) bond motifs is 4. The van der Waals surface area contributed by atoms with Crippen LogP contribution in [0, 0.1) is 0 Å². The smallest absolute Gasteiger partial charge is 0.410 e. The average Bonchev–Trinajstić information content (AvgIpc) is 3.87. The van der Waals surface area contributed by atoms with Crippen LogP contribution in [0.15, 0.2) is 60.7 Å². The number of imidazole rings is 2. The zero-order chi connectivity index (χ0) is 38.5. The number of H-pyrrole nitrogens is 2. The van der Waals surface area contributed by atoms with Crippen molar-refractivity contribution >= 4 is 23.2 Å². The predicted octanol–water partition coefficient (Wildman–Crippen LogP) is 9.98. The normalized spacial score (nSPS) is 18.2. The zero-order valence-electron chi connectivity index (χ0n) is 32.8. The highest BCUT2D eigenvalue weighted by atomic mass is 16.6. The van der Waals surface area contributed by atoms with Gasteiger partial charge in [-0.1, -0.05) is 55.7 Å². The van der Waals surface area contributed by atoms with Gasteiger partial charge in [0, 0.05) is 24.2 Å². The second-order valence-corrected chi connectivity index (χ2v) is 17.3. The van der Waals surface area contributed by atoms with Gasteiger partial charge in [-0.05, 0) is 114 Å². The largest absolute Gasteiger partial charge is 0.492 e. The van der Waals surface area contributed by atoms with E-state index in [-0.39, 0.29) is 12.1 Å². The van der Waals surface area contributed by atoms with E-state index in [4.69, 9.17) is 24.2 Å². The summed E-state index contributed by atoms with van der Waals surface area (Å²) in [4.78, 5) is 44.9. The number of benzene rings is 3. The highest BCUT2D eigenvalue weighted by Gasteiger charge is 2.40. The van der Waals surface area contributed by atoms with Crippen LogP contribution in [0.1, 0.15) is 110 Å². The fraction of sp³-hybridized carbons (Fsp3) is 0.455. The lowest BCUT2D eigenvalue weighted by Crippen LogP contribution is -2.49. The molecule has 0 bridgehead atoms. The number of likely N-dealkylation sites (tertiary alicyclic amines) is 1. The Morgan fingerprint density at radius 3 is 2.20 bits per heavy atom. The first kappa shape index (κ1) is 36.6. The van der Waals surface area contributed by atoms with Gasteiger partial charge in [0.1, 0.15) is 34.1 Å².